The third kappa shape index (κ3) is 2.89. The average molecular weight is 282 g/mol. The molecule has 0 heterocycles. The topological polar surface area (TPSA) is 66.4 Å². The molecule has 1 aliphatic carbocycles. The van der Waals surface area contributed by atoms with Gasteiger partial charge >= 0.3 is 5.97 Å². The first-order chi connectivity index (χ1) is 8.96. The lowest BCUT2D eigenvalue weighted by atomic mass is 9.95. The fourth-order valence-corrected chi connectivity index (χ4v) is 2.44. The molecule has 102 valence electrons. The van der Waals surface area contributed by atoms with Gasteiger partial charge in [-0.1, -0.05) is 29.8 Å². The minimum absolute atomic E-state index is 0.119. The summed E-state index contributed by atoms with van der Waals surface area (Å²) in [6, 6.07) is 7.58. The van der Waals surface area contributed by atoms with E-state index in [0.29, 0.717) is 11.6 Å². The second kappa shape index (κ2) is 5.21. The van der Waals surface area contributed by atoms with Gasteiger partial charge < -0.3 is 10.4 Å². The van der Waals surface area contributed by atoms with E-state index in [4.69, 9.17) is 16.7 Å². The lowest BCUT2D eigenvalue weighted by Crippen LogP contribution is -2.38. The van der Waals surface area contributed by atoms with Gasteiger partial charge in [-0.25, -0.2) is 0 Å². The summed E-state index contributed by atoms with van der Waals surface area (Å²) in [5.41, 5.74) is 0.909. The molecule has 0 spiro atoms. The van der Waals surface area contributed by atoms with E-state index in [-0.39, 0.29) is 5.41 Å². The molecule has 5 heteroatoms. The summed E-state index contributed by atoms with van der Waals surface area (Å²) in [6.07, 6.45) is 1.91. The first kappa shape index (κ1) is 13.9. The SMILES string of the molecule is CC(C(=O)O)C(=O)NCC1(c2ccccc2Cl)CC1. The van der Waals surface area contributed by atoms with Crippen LogP contribution >= 0.6 is 11.6 Å². The number of carbonyl (C=O) groups is 2. The Kier molecular flexibility index (Phi) is 3.80. The predicted molar refractivity (Wildman–Crippen MR) is 72.2 cm³/mol. The Hall–Kier alpha value is -1.55. The number of carbonyl (C=O) groups excluding carboxylic acids is 1. The van der Waals surface area contributed by atoms with Crippen LogP contribution in [0.5, 0.6) is 0 Å². The molecular formula is C14H16ClNO3. The number of carboxylic acid groups (broad SMARTS) is 1. The van der Waals surface area contributed by atoms with Crippen LogP contribution < -0.4 is 5.32 Å². The first-order valence-electron chi connectivity index (χ1n) is 6.22. The summed E-state index contributed by atoms with van der Waals surface area (Å²) in [6.45, 7) is 1.82. The highest BCUT2D eigenvalue weighted by molar-refractivity contribution is 6.31. The predicted octanol–water partition coefficient (Wildman–Crippen LogP) is 2.21. The summed E-state index contributed by atoms with van der Waals surface area (Å²) in [4.78, 5) is 22.4. The molecule has 1 unspecified atom stereocenters. The molecule has 1 fully saturated rings. The molecule has 19 heavy (non-hydrogen) atoms. The van der Waals surface area contributed by atoms with Gasteiger partial charge in [-0.2, -0.15) is 0 Å². The Bertz CT molecular complexity index is 511. The van der Waals surface area contributed by atoms with E-state index in [1.807, 2.05) is 24.3 Å². The normalized spacial score (nSPS) is 17.6. The number of amides is 1. The van der Waals surface area contributed by atoms with E-state index >= 15 is 0 Å². The molecule has 1 amide bonds. The summed E-state index contributed by atoms with van der Waals surface area (Å²) in [7, 11) is 0. The molecule has 2 N–H and O–H groups in total. The minimum atomic E-state index is -1.11. The monoisotopic (exact) mass is 281 g/mol. The molecular weight excluding hydrogens is 266 g/mol. The minimum Gasteiger partial charge on any atom is -0.481 e. The molecule has 0 aromatic heterocycles. The van der Waals surface area contributed by atoms with E-state index in [9.17, 15) is 9.59 Å². The van der Waals surface area contributed by atoms with Gasteiger partial charge in [0, 0.05) is 17.0 Å². The highest BCUT2D eigenvalue weighted by atomic mass is 35.5. The van der Waals surface area contributed by atoms with Crippen molar-refractivity contribution in [2.45, 2.75) is 25.2 Å². The Morgan fingerprint density at radius 2 is 2.05 bits per heavy atom. The zero-order valence-electron chi connectivity index (χ0n) is 10.6. The number of aliphatic carboxylic acids is 1. The average Bonchev–Trinajstić information content (AvgIpc) is 3.16. The van der Waals surface area contributed by atoms with Crippen molar-refractivity contribution in [1.82, 2.24) is 5.32 Å². The number of hydrogen-bond donors (Lipinski definition) is 2. The standard InChI is InChI=1S/C14H16ClNO3/c1-9(13(18)19)12(17)16-8-14(6-7-14)10-4-2-3-5-11(10)15/h2-5,9H,6-8H2,1H3,(H,16,17)(H,18,19). The number of halogens is 1. The van der Waals surface area contributed by atoms with Gasteiger partial charge in [0.15, 0.2) is 0 Å². The van der Waals surface area contributed by atoms with E-state index in [1.54, 1.807) is 0 Å². The number of nitrogens with one attached hydrogen (secondary N) is 1. The van der Waals surface area contributed by atoms with Gasteiger partial charge in [0.1, 0.15) is 5.92 Å². The van der Waals surface area contributed by atoms with Crippen molar-refractivity contribution in [1.29, 1.82) is 0 Å². The Labute approximate surface area is 116 Å². The van der Waals surface area contributed by atoms with E-state index in [2.05, 4.69) is 5.32 Å². The van der Waals surface area contributed by atoms with Crippen LogP contribution in [-0.2, 0) is 15.0 Å². The largest absolute Gasteiger partial charge is 0.481 e. The molecule has 0 radical (unpaired) electrons. The Morgan fingerprint density at radius 1 is 1.42 bits per heavy atom. The van der Waals surface area contributed by atoms with Crippen LogP contribution in [0.2, 0.25) is 5.02 Å². The van der Waals surface area contributed by atoms with Crippen LogP contribution in [-0.4, -0.2) is 23.5 Å². The molecule has 0 saturated heterocycles. The number of rotatable bonds is 5. The Balaban J connectivity index is 2.02. The van der Waals surface area contributed by atoms with Crippen molar-refractivity contribution < 1.29 is 14.7 Å². The quantitative estimate of drug-likeness (QED) is 0.813. The van der Waals surface area contributed by atoms with Gasteiger partial charge in [0.25, 0.3) is 0 Å². The highest BCUT2D eigenvalue weighted by Gasteiger charge is 2.45. The van der Waals surface area contributed by atoms with Crippen molar-refractivity contribution in [3.8, 4) is 0 Å². The van der Waals surface area contributed by atoms with Crippen molar-refractivity contribution in [2.75, 3.05) is 6.54 Å². The summed E-state index contributed by atoms with van der Waals surface area (Å²) >= 11 is 6.17. The van der Waals surface area contributed by atoms with Gasteiger partial charge in [0.05, 0.1) is 0 Å². The fraction of sp³-hybridized carbons (Fsp3) is 0.429. The van der Waals surface area contributed by atoms with Gasteiger partial charge in [0.2, 0.25) is 5.91 Å². The van der Waals surface area contributed by atoms with Crippen LogP contribution in [0.3, 0.4) is 0 Å². The number of benzene rings is 1. The van der Waals surface area contributed by atoms with Crippen molar-refractivity contribution in [3.63, 3.8) is 0 Å². The Morgan fingerprint density at radius 3 is 2.58 bits per heavy atom. The maximum absolute atomic E-state index is 11.7. The lowest BCUT2D eigenvalue weighted by Gasteiger charge is -2.18. The fourth-order valence-electron chi connectivity index (χ4n) is 2.11. The zero-order valence-corrected chi connectivity index (χ0v) is 11.4. The van der Waals surface area contributed by atoms with Gasteiger partial charge in [-0.15, -0.1) is 0 Å². The molecule has 1 aliphatic rings. The second-order valence-electron chi connectivity index (χ2n) is 5.04. The number of hydrogen-bond acceptors (Lipinski definition) is 2. The first-order valence-corrected chi connectivity index (χ1v) is 6.60. The van der Waals surface area contributed by atoms with E-state index < -0.39 is 17.8 Å². The molecule has 2 rings (SSSR count). The molecule has 1 saturated carbocycles. The van der Waals surface area contributed by atoms with Crippen molar-refractivity contribution in [3.05, 3.63) is 34.9 Å². The van der Waals surface area contributed by atoms with E-state index in [0.717, 1.165) is 18.4 Å². The van der Waals surface area contributed by atoms with Gasteiger partial charge in [-0.3, -0.25) is 9.59 Å². The summed E-state index contributed by atoms with van der Waals surface area (Å²) in [5, 5.41) is 12.2. The van der Waals surface area contributed by atoms with Crippen molar-refractivity contribution >= 4 is 23.5 Å². The molecule has 0 bridgehead atoms. The van der Waals surface area contributed by atoms with Crippen LogP contribution in [0.15, 0.2) is 24.3 Å². The smallest absolute Gasteiger partial charge is 0.315 e. The maximum Gasteiger partial charge on any atom is 0.315 e. The maximum atomic E-state index is 11.7. The van der Waals surface area contributed by atoms with E-state index in [1.165, 1.54) is 6.92 Å². The molecule has 1 atom stereocenters. The molecule has 1 aromatic carbocycles. The van der Waals surface area contributed by atoms with Crippen molar-refractivity contribution in [2.24, 2.45) is 5.92 Å². The zero-order chi connectivity index (χ0) is 14.0. The van der Waals surface area contributed by atoms with Gasteiger partial charge in [-0.05, 0) is 31.4 Å². The third-order valence-electron chi connectivity index (χ3n) is 3.66. The molecule has 4 nitrogen and oxygen atoms in total. The number of carboxylic acids is 1. The van der Waals surface area contributed by atoms with Crippen LogP contribution in [0.4, 0.5) is 0 Å². The third-order valence-corrected chi connectivity index (χ3v) is 3.99. The molecule has 0 aliphatic heterocycles. The highest BCUT2D eigenvalue weighted by Crippen LogP contribution is 2.49. The lowest BCUT2D eigenvalue weighted by molar-refractivity contribution is -0.146. The summed E-state index contributed by atoms with van der Waals surface area (Å²) in [5.74, 6) is -2.59. The second-order valence-corrected chi connectivity index (χ2v) is 5.45. The van der Waals surface area contributed by atoms with Crippen LogP contribution in [0.25, 0.3) is 0 Å². The van der Waals surface area contributed by atoms with Crippen LogP contribution in [0.1, 0.15) is 25.3 Å². The summed E-state index contributed by atoms with van der Waals surface area (Å²) < 4.78 is 0. The molecule has 1 aromatic rings. The van der Waals surface area contributed by atoms with Crippen LogP contribution in [0, 0.1) is 5.92 Å².